The van der Waals surface area contributed by atoms with E-state index in [1.54, 1.807) is 7.11 Å². The predicted octanol–water partition coefficient (Wildman–Crippen LogP) is 3.25. The van der Waals surface area contributed by atoms with Gasteiger partial charge in [0.1, 0.15) is 5.75 Å². The molecule has 0 heterocycles. The van der Waals surface area contributed by atoms with E-state index in [2.05, 4.69) is 29.6 Å². The minimum atomic E-state index is 0.430. The number of aryl methyl sites for hydroxylation is 1. The molecule has 1 atom stereocenters. The van der Waals surface area contributed by atoms with Crippen molar-refractivity contribution in [2.24, 2.45) is 0 Å². The number of fused-ring (bicyclic) bond motifs is 1. The Bertz CT molecular complexity index is 610. The summed E-state index contributed by atoms with van der Waals surface area (Å²) < 4.78 is 5.26. The first kappa shape index (κ1) is 12.9. The number of nitrogens with one attached hydrogen (secondary N) is 1. The van der Waals surface area contributed by atoms with E-state index in [-0.39, 0.29) is 0 Å². The van der Waals surface area contributed by atoms with Crippen molar-refractivity contribution in [3.8, 4) is 5.75 Å². The molecule has 0 aromatic heterocycles. The molecule has 0 aliphatic heterocycles. The summed E-state index contributed by atoms with van der Waals surface area (Å²) in [6.45, 7) is 0. The second kappa shape index (κ2) is 5.45. The highest BCUT2D eigenvalue weighted by atomic mass is 16.5. The van der Waals surface area contributed by atoms with E-state index >= 15 is 0 Å². The third kappa shape index (κ3) is 2.57. The van der Waals surface area contributed by atoms with Crippen LogP contribution in [0.15, 0.2) is 42.5 Å². The van der Waals surface area contributed by atoms with Crippen molar-refractivity contribution < 1.29 is 4.74 Å². The van der Waals surface area contributed by atoms with Crippen molar-refractivity contribution in [2.45, 2.75) is 25.3 Å². The highest BCUT2D eigenvalue weighted by Crippen LogP contribution is 2.28. The van der Waals surface area contributed by atoms with E-state index in [9.17, 15) is 0 Å². The second-order valence-corrected chi connectivity index (χ2v) is 5.31. The first-order valence-corrected chi connectivity index (χ1v) is 7.03. The highest BCUT2D eigenvalue weighted by Gasteiger charge is 2.18. The zero-order valence-electron chi connectivity index (χ0n) is 11.7. The largest absolute Gasteiger partial charge is 0.497 e. The summed E-state index contributed by atoms with van der Waals surface area (Å²) in [7, 11) is 1.67. The Morgan fingerprint density at radius 2 is 1.95 bits per heavy atom. The molecule has 0 bridgehead atoms. The molecule has 3 heteroatoms. The van der Waals surface area contributed by atoms with E-state index in [0.29, 0.717) is 6.04 Å². The summed E-state index contributed by atoms with van der Waals surface area (Å²) in [5, 5.41) is 3.56. The zero-order valence-corrected chi connectivity index (χ0v) is 11.7. The Balaban J connectivity index is 1.76. The molecule has 0 spiro atoms. The summed E-state index contributed by atoms with van der Waals surface area (Å²) in [6.07, 6.45) is 3.30. The molecule has 0 radical (unpaired) electrons. The predicted molar refractivity (Wildman–Crippen MR) is 83.3 cm³/mol. The fraction of sp³-hybridized carbons (Fsp3) is 0.294. The van der Waals surface area contributed by atoms with Gasteiger partial charge in [-0.25, -0.2) is 0 Å². The Labute approximate surface area is 119 Å². The van der Waals surface area contributed by atoms with E-state index in [4.69, 9.17) is 10.5 Å². The van der Waals surface area contributed by atoms with E-state index in [1.165, 1.54) is 11.1 Å². The highest BCUT2D eigenvalue weighted by molar-refractivity contribution is 5.68. The van der Waals surface area contributed by atoms with E-state index < -0.39 is 0 Å². The monoisotopic (exact) mass is 268 g/mol. The van der Waals surface area contributed by atoms with Crippen LogP contribution in [-0.4, -0.2) is 13.2 Å². The SMILES string of the molecule is COc1ccc(N)c(NC2CCc3ccccc3C2)c1. The molecule has 1 unspecified atom stereocenters. The minimum absolute atomic E-state index is 0.430. The van der Waals surface area contributed by atoms with Crippen molar-refractivity contribution in [1.82, 2.24) is 0 Å². The topological polar surface area (TPSA) is 47.3 Å². The Kier molecular flexibility index (Phi) is 3.50. The van der Waals surface area contributed by atoms with Crippen LogP contribution in [0.4, 0.5) is 11.4 Å². The van der Waals surface area contributed by atoms with Crippen LogP contribution in [0.1, 0.15) is 17.5 Å². The van der Waals surface area contributed by atoms with Crippen LogP contribution in [0.25, 0.3) is 0 Å². The molecule has 1 aliphatic rings. The Hall–Kier alpha value is -2.16. The molecule has 20 heavy (non-hydrogen) atoms. The van der Waals surface area contributed by atoms with Gasteiger partial charge in [-0.2, -0.15) is 0 Å². The van der Waals surface area contributed by atoms with Crippen LogP contribution in [-0.2, 0) is 12.8 Å². The van der Waals surface area contributed by atoms with Gasteiger partial charge in [0.05, 0.1) is 18.5 Å². The van der Waals surface area contributed by atoms with Crippen molar-refractivity contribution >= 4 is 11.4 Å². The van der Waals surface area contributed by atoms with Gasteiger partial charge in [-0.05, 0) is 42.5 Å². The lowest BCUT2D eigenvalue weighted by molar-refractivity contribution is 0.415. The Morgan fingerprint density at radius 1 is 1.15 bits per heavy atom. The number of ether oxygens (including phenoxy) is 1. The number of anilines is 2. The Morgan fingerprint density at radius 3 is 2.75 bits per heavy atom. The fourth-order valence-electron chi connectivity index (χ4n) is 2.83. The average molecular weight is 268 g/mol. The van der Waals surface area contributed by atoms with Crippen LogP contribution in [0, 0.1) is 0 Å². The van der Waals surface area contributed by atoms with Crippen molar-refractivity contribution in [1.29, 1.82) is 0 Å². The molecule has 0 saturated carbocycles. The molecular formula is C17H20N2O. The first-order chi connectivity index (χ1) is 9.76. The van der Waals surface area contributed by atoms with E-state index in [1.807, 2.05) is 18.2 Å². The third-order valence-corrected chi connectivity index (χ3v) is 3.97. The molecule has 3 N–H and O–H groups in total. The maximum Gasteiger partial charge on any atom is 0.121 e. The van der Waals surface area contributed by atoms with Crippen LogP contribution in [0.2, 0.25) is 0 Å². The summed E-state index contributed by atoms with van der Waals surface area (Å²) >= 11 is 0. The van der Waals surface area contributed by atoms with Gasteiger partial charge < -0.3 is 15.8 Å². The lowest BCUT2D eigenvalue weighted by atomic mass is 9.88. The van der Waals surface area contributed by atoms with E-state index in [0.717, 1.165) is 36.4 Å². The molecule has 0 fully saturated rings. The maximum atomic E-state index is 6.04. The summed E-state index contributed by atoms with van der Waals surface area (Å²) in [5.74, 6) is 0.831. The average Bonchev–Trinajstić information content (AvgIpc) is 2.49. The quantitative estimate of drug-likeness (QED) is 0.840. The molecular weight excluding hydrogens is 248 g/mol. The van der Waals surface area contributed by atoms with Gasteiger partial charge in [0.25, 0.3) is 0 Å². The molecule has 0 saturated heterocycles. The van der Waals surface area contributed by atoms with Crippen LogP contribution >= 0.6 is 0 Å². The number of hydrogen-bond donors (Lipinski definition) is 2. The van der Waals surface area contributed by atoms with Crippen LogP contribution < -0.4 is 15.8 Å². The van der Waals surface area contributed by atoms with Gasteiger partial charge in [-0.15, -0.1) is 0 Å². The van der Waals surface area contributed by atoms with Crippen LogP contribution in [0.5, 0.6) is 5.75 Å². The number of rotatable bonds is 3. The smallest absolute Gasteiger partial charge is 0.121 e. The molecule has 0 amide bonds. The molecule has 3 nitrogen and oxygen atoms in total. The van der Waals surface area contributed by atoms with Gasteiger partial charge in [0.2, 0.25) is 0 Å². The van der Waals surface area contributed by atoms with Crippen molar-refractivity contribution in [2.75, 3.05) is 18.2 Å². The zero-order chi connectivity index (χ0) is 13.9. The normalized spacial score (nSPS) is 17.4. The third-order valence-electron chi connectivity index (χ3n) is 3.97. The number of methoxy groups -OCH3 is 1. The molecule has 104 valence electrons. The molecule has 3 rings (SSSR count). The number of nitrogens with two attached hydrogens (primary N) is 1. The standard InChI is InChI=1S/C17H20N2O/c1-20-15-8-9-16(18)17(11-15)19-14-7-6-12-4-2-3-5-13(12)10-14/h2-5,8-9,11,14,19H,6-7,10,18H2,1H3. The lowest BCUT2D eigenvalue weighted by Gasteiger charge is -2.27. The molecule has 2 aromatic rings. The van der Waals surface area contributed by atoms with Crippen molar-refractivity contribution in [3.63, 3.8) is 0 Å². The number of hydrogen-bond acceptors (Lipinski definition) is 3. The molecule has 2 aromatic carbocycles. The van der Waals surface area contributed by atoms with Crippen molar-refractivity contribution in [3.05, 3.63) is 53.6 Å². The van der Waals surface area contributed by atoms with Gasteiger partial charge >= 0.3 is 0 Å². The van der Waals surface area contributed by atoms with Gasteiger partial charge in [-0.1, -0.05) is 24.3 Å². The summed E-state index contributed by atoms with van der Waals surface area (Å²) in [6, 6.07) is 14.8. The maximum absolute atomic E-state index is 6.04. The second-order valence-electron chi connectivity index (χ2n) is 5.31. The number of nitrogen functional groups attached to an aromatic ring is 1. The molecule has 1 aliphatic carbocycles. The fourth-order valence-corrected chi connectivity index (χ4v) is 2.83. The summed E-state index contributed by atoms with van der Waals surface area (Å²) in [5.41, 5.74) is 10.7. The summed E-state index contributed by atoms with van der Waals surface area (Å²) in [4.78, 5) is 0. The van der Waals surface area contributed by atoms with Gasteiger partial charge in [0.15, 0.2) is 0 Å². The van der Waals surface area contributed by atoms with Gasteiger partial charge in [-0.3, -0.25) is 0 Å². The lowest BCUT2D eigenvalue weighted by Crippen LogP contribution is -2.27. The van der Waals surface area contributed by atoms with Crippen LogP contribution in [0.3, 0.4) is 0 Å². The number of benzene rings is 2. The minimum Gasteiger partial charge on any atom is -0.497 e. The van der Waals surface area contributed by atoms with Gasteiger partial charge in [0, 0.05) is 12.1 Å². The first-order valence-electron chi connectivity index (χ1n) is 7.03.